The van der Waals surface area contributed by atoms with Crippen molar-refractivity contribution < 1.29 is 4.79 Å². The summed E-state index contributed by atoms with van der Waals surface area (Å²) in [4.78, 5) is 11.4. The molecule has 1 aromatic rings. The van der Waals surface area contributed by atoms with Crippen molar-refractivity contribution in [3.05, 3.63) is 35.9 Å². The molecule has 0 aromatic heterocycles. The Morgan fingerprint density at radius 1 is 1.20 bits per heavy atom. The average molecular weight is 204 g/mol. The second kappa shape index (κ2) is 6.39. The predicted molar refractivity (Wildman–Crippen MR) is 63.8 cm³/mol. The second-order valence-electron chi connectivity index (χ2n) is 4.48. The maximum absolute atomic E-state index is 11.4. The minimum Gasteiger partial charge on any atom is -0.300 e. The molecule has 0 amide bonds. The van der Waals surface area contributed by atoms with Gasteiger partial charge in [0.1, 0.15) is 5.78 Å². The molecular formula is C14H20O. The number of ketones is 1. The molecule has 1 nitrogen and oxygen atoms in total. The van der Waals surface area contributed by atoms with Crippen LogP contribution in [0.15, 0.2) is 30.3 Å². The van der Waals surface area contributed by atoms with E-state index < -0.39 is 0 Å². The summed E-state index contributed by atoms with van der Waals surface area (Å²) in [6, 6.07) is 10.4. The SMILES string of the molecule is CC(C)CC(=O)CCCc1ccccc1. The van der Waals surface area contributed by atoms with Crippen molar-refractivity contribution in [1.29, 1.82) is 0 Å². The van der Waals surface area contributed by atoms with Gasteiger partial charge in [-0.3, -0.25) is 4.79 Å². The van der Waals surface area contributed by atoms with Crippen LogP contribution in [-0.2, 0) is 11.2 Å². The van der Waals surface area contributed by atoms with E-state index in [1.54, 1.807) is 0 Å². The molecule has 0 aliphatic rings. The van der Waals surface area contributed by atoms with Gasteiger partial charge in [-0.1, -0.05) is 44.2 Å². The van der Waals surface area contributed by atoms with Gasteiger partial charge in [0.2, 0.25) is 0 Å². The first kappa shape index (κ1) is 12.0. The predicted octanol–water partition coefficient (Wildman–Crippen LogP) is 3.62. The van der Waals surface area contributed by atoms with Crippen LogP contribution in [-0.4, -0.2) is 5.78 Å². The summed E-state index contributed by atoms with van der Waals surface area (Å²) in [5.74, 6) is 0.898. The van der Waals surface area contributed by atoms with Gasteiger partial charge in [0.25, 0.3) is 0 Å². The van der Waals surface area contributed by atoms with Crippen molar-refractivity contribution >= 4 is 5.78 Å². The van der Waals surface area contributed by atoms with Crippen molar-refractivity contribution in [2.75, 3.05) is 0 Å². The lowest BCUT2D eigenvalue weighted by molar-refractivity contribution is -0.119. The largest absolute Gasteiger partial charge is 0.300 e. The number of carbonyl (C=O) groups is 1. The van der Waals surface area contributed by atoms with Crippen LogP contribution < -0.4 is 0 Å². The Morgan fingerprint density at radius 3 is 2.47 bits per heavy atom. The van der Waals surface area contributed by atoms with Crippen LogP contribution in [0.25, 0.3) is 0 Å². The molecular weight excluding hydrogens is 184 g/mol. The third-order valence-corrected chi connectivity index (χ3v) is 2.40. The molecule has 0 radical (unpaired) electrons. The molecule has 0 saturated heterocycles. The van der Waals surface area contributed by atoms with E-state index in [0.717, 1.165) is 25.7 Å². The third kappa shape index (κ3) is 5.36. The molecule has 0 bridgehead atoms. The van der Waals surface area contributed by atoms with Gasteiger partial charge in [0.15, 0.2) is 0 Å². The number of benzene rings is 1. The number of aryl methyl sites for hydroxylation is 1. The lowest BCUT2D eigenvalue weighted by Crippen LogP contribution is -2.03. The molecule has 0 unspecified atom stereocenters. The Bertz CT molecular complexity index is 287. The van der Waals surface area contributed by atoms with Crippen molar-refractivity contribution in [3.63, 3.8) is 0 Å². The zero-order chi connectivity index (χ0) is 11.1. The molecule has 0 saturated carbocycles. The van der Waals surface area contributed by atoms with Crippen molar-refractivity contribution in [2.24, 2.45) is 5.92 Å². The van der Waals surface area contributed by atoms with E-state index in [0.29, 0.717) is 11.7 Å². The number of Topliss-reactive ketones (excluding diaryl/α,β-unsaturated/α-hetero) is 1. The van der Waals surface area contributed by atoms with E-state index in [9.17, 15) is 4.79 Å². The third-order valence-electron chi connectivity index (χ3n) is 2.40. The van der Waals surface area contributed by atoms with E-state index in [2.05, 4.69) is 26.0 Å². The fourth-order valence-electron chi connectivity index (χ4n) is 1.69. The molecule has 0 fully saturated rings. The summed E-state index contributed by atoms with van der Waals surface area (Å²) >= 11 is 0. The van der Waals surface area contributed by atoms with Crippen LogP contribution in [0.1, 0.15) is 38.7 Å². The van der Waals surface area contributed by atoms with Crippen LogP contribution in [0.2, 0.25) is 0 Å². The highest BCUT2D eigenvalue weighted by atomic mass is 16.1. The van der Waals surface area contributed by atoms with Crippen LogP contribution in [0.4, 0.5) is 0 Å². The Balaban J connectivity index is 2.19. The molecule has 1 aromatic carbocycles. The Hall–Kier alpha value is -1.11. The minimum absolute atomic E-state index is 0.404. The van der Waals surface area contributed by atoms with E-state index in [4.69, 9.17) is 0 Å². The number of rotatable bonds is 6. The fourth-order valence-corrected chi connectivity index (χ4v) is 1.69. The highest BCUT2D eigenvalue weighted by Gasteiger charge is 2.04. The number of hydrogen-bond acceptors (Lipinski definition) is 1. The maximum atomic E-state index is 11.4. The Labute approximate surface area is 92.5 Å². The van der Waals surface area contributed by atoms with Crippen LogP contribution in [0.5, 0.6) is 0 Å². The van der Waals surface area contributed by atoms with Gasteiger partial charge in [-0.25, -0.2) is 0 Å². The van der Waals surface area contributed by atoms with Crippen molar-refractivity contribution in [3.8, 4) is 0 Å². The van der Waals surface area contributed by atoms with Crippen molar-refractivity contribution in [2.45, 2.75) is 39.5 Å². The molecule has 1 rings (SSSR count). The van der Waals surface area contributed by atoms with E-state index in [1.165, 1.54) is 5.56 Å². The van der Waals surface area contributed by atoms with E-state index in [1.807, 2.05) is 18.2 Å². The average Bonchev–Trinajstić information content (AvgIpc) is 2.18. The standard InChI is InChI=1S/C14H20O/c1-12(2)11-14(15)10-6-9-13-7-4-3-5-8-13/h3-5,7-8,12H,6,9-11H2,1-2H3. The van der Waals surface area contributed by atoms with E-state index >= 15 is 0 Å². The monoisotopic (exact) mass is 204 g/mol. The highest BCUT2D eigenvalue weighted by Crippen LogP contribution is 2.08. The lowest BCUT2D eigenvalue weighted by Gasteiger charge is -2.03. The van der Waals surface area contributed by atoms with Gasteiger partial charge >= 0.3 is 0 Å². The summed E-state index contributed by atoms with van der Waals surface area (Å²) in [7, 11) is 0. The molecule has 0 atom stereocenters. The fraction of sp³-hybridized carbons (Fsp3) is 0.500. The molecule has 0 aliphatic carbocycles. The molecule has 0 aliphatic heterocycles. The number of carbonyl (C=O) groups excluding carboxylic acids is 1. The van der Waals surface area contributed by atoms with Crippen LogP contribution >= 0.6 is 0 Å². The molecule has 0 spiro atoms. The van der Waals surface area contributed by atoms with Gasteiger partial charge < -0.3 is 0 Å². The molecule has 1 heteroatoms. The molecule has 15 heavy (non-hydrogen) atoms. The summed E-state index contributed by atoms with van der Waals surface area (Å²) in [6.07, 6.45) is 3.46. The first-order chi connectivity index (χ1) is 7.18. The smallest absolute Gasteiger partial charge is 0.133 e. The lowest BCUT2D eigenvalue weighted by atomic mass is 10.0. The maximum Gasteiger partial charge on any atom is 0.133 e. The summed E-state index contributed by atoms with van der Waals surface area (Å²) in [5, 5.41) is 0. The van der Waals surface area contributed by atoms with Crippen LogP contribution in [0, 0.1) is 5.92 Å². The normalized spacial score (nSPS) is 10.6. The van der Waals surface area contributed by atoms with Gasteiger partial charge in [-0.15, -0.1) is 0 Å². The summed E-state index contributed by atoms with van der Waals surface area (Å²) in [6.45, 7) is 4.18. The summed E-state index contributed by atoms with van der Waals surface area (Å²) < 4.78 is 0. The quantitative estimate of drug-likeness (QED) is 0.691. The first-order valence-electron chi connectivity index (χ1n) is 5.74. The zero-order valence-corrected chi connectivity index (χ0v) is 9.70. The second-order valence-corrected chi connectivity index (χ2v) is 4.48. The molecule has 0 heterocycles. The van der Waals surface area contributed by atoms with Crippen LogP contribution in [0.3, 0.4) is 0 Å². The Morgan fingerprint density at radius 2 is 1.87 bits per heavy atom. The topological polar surface area (TPSA) is 17.1 Å². The molecule has 0 N–H and O–H groups in total. The van der Waals surface area contributed by atoms with E-state index in [-0.39, 0.29) is 0 Å². The highest BCUT2D eigenvalue weighted by molar-refractivity contribution is 5.78. The number of hydrogen-bond donors (Lipinski definition) is 0. The van der Waals surface area contributed by atoms with Gasteiger partial charge in [0.05, 0.1) is 0 Å². The van der Waals surface area contributed by atoms with Gasteiger partial charge in [-0.05, 0) is 24.3 Å². The van der Waals surface area contributed by atoms with Gasteiger partial charge in [-0.2, -0.15) is 0 Å². The summed E-state index contributed by atoms with van der Waals surface area (Å²) in [5.41, 5.74) is 1.33. The van der Waals surface area contributed by atoms with Gasteiger partial charge in [0, 0.05) is 12.8 Å². The zero-order valence-electron chi connectivity index (χ0n) is 9.70. The molecule has 82 valence electrons. The Kier molecular flexibility index (Phi) is 5.09. The van der Waals surface area contributed by atoms with Crippen molar-refractivity contribution in [1.82, 2.24) is 0 Å². The first-order valence-corrected chi connectivity index (χ1v) is 5.74. The minimum atomic E-state index is 0.404.